The quantitative estimate of drug-likeness (QED) is 0.473. The molecular weight excluding hydrogens is 400 g/mol. The first-order chi connectivity index (χ1) is 14.6. The minimum Gasteiger partial charge on any atom is -0.493 e. The van der Waals surface area contributed by atoms with Gasteiger partial charge in [-0.3, -0.25) is 4.79 Å². The van der Waals surface area contributed by atoms with Crippen LogP contribution >= 0.6 is 11.6 Å². The summed E-state index contributed by atoms with van der Waals surface area (Å²) < 4.78 is 11.1. The van der Waals surface area contributed by atoms with Crippen LogP contribution < -0.4 is 20.1 Å². The zero-order valence-corrected chi connectivity index (χ0v) is 17.8. The molecule has 0 aromatic heterocycles. The van der Waals surface area contributed by atoms with E-state index in [1.165, 1.54) is 5.56 Å². The van der Waals surface area contributed by atoms with Gasteiger partial charge < -0.3 is 20.1 Å². The fourth-order valence-electron chi connectivity index (χ4n) is 2.93. The van der Waals surface area contributed by atoms with Gasteiger partial charge in [0.2, 0.25) is 0 Å². The van der Waals surface area contributed by atoms with Gasteiger partial charge in [0, 0.05) is 17.9 Å². The number of anilines is 2. The standard InChI is InChI=1S/C24H25ClN2O3/c1-3-17-9-11-19(12-10-17)26-15-18-13-21(25)24(22(14-18)29-2)30-16-23(28)27-20-7-5-4-6-8-20/h4-14,26H,3,15-16H2,1-2H3,(H,27,28). The number of amides is 1. The van der Waals surface area contributed by atoms with Crippen LogP contribution in [0, 0.1) is 0 Å². The number of aryl methyl sites for hydroxylation is 1. The molecule has 3 rings (SSSR count). The van der Waals surface area contributed by atoms with Crippen molar-refractivity contribution in [3.63, 3.8) is 0 Å². The van der Waals surface area contributed by atoms with E-state index in [9.17, 15) is 4.79 Å². The number of hydrogen-bond donors (Lipinski definition) is 2. The van der Waals surface area contributed by atoms with Crippen LogP contribution in [0.3, 0.4) is 0 Å². The number of rotatable bonds is 9. The molecule has 3 aromatic carbocycles. The molecule has 5 nitrogen and oxygen atoms in total. The highest BCUT2D eigenvalue weighted by atomic mass is 35.5. The maximum absolute atomic E-state index is 12.1. The second-order valence-electron chi connectivity index (χ2n) is 6.72. The number of carbonyl (C=O) groups is 1. The monoisotopic (exact) mass is 424 g/mol. The molecule has 0 saturated heterocycles. The summed E-state index contributed by atoms with van der Waals surface area (Å²) in [6, 6.07) is 21.2. The van der Waals surface area contributed by atoms with Crippen LogP contribution in [0.2, 0.25) is 5.02 Å². The summed E-state index contributed by atoms with van der Waals surface area (Å²) >= 11 is 6.41. The molecule has 2 N–H and O–H groups in total. The number of hydrogen-bond acceptors (Lipinski definition) is 4. The van der Waals surface area contributed by atoms with E-state index in [4.69, 9.17) is 21.1 Å². The van der Waals surface area contributed by atoms with Crippen molar-refractivity contribution in [2.24, 2.45) is 0 Å². The topological polar surface area (TPSA) is 59.6 Å². The Morgan fingerprint density at radius 3 is 2.37 bits per heavy atom. The van der Waals surface area contributed by atoms with Crippen LogP contribution in [-0.4, -0.2) is 19.6 Å². The Balaban J connectivity index is 1.62. The second kappa shape index (κ2) is 10.6. The average Bonchev–Trinajstić information content (AvgIpc) is 2.77. The maximum atomic E-state index is 12.1. The number of carbonyl (C=O) groups excluding carboxylic acids is 1. The molecule has 0 fully saturated rings. The predicted molar refractivity (Wildman–Crippen MR) is 122 cm³/mol. The summed E-state index contributed by atoms with van der Waals surface area (Å²) in [4.78, 5) is 12.1. The highest BCUT2D eigenvalue weighted by Crippen LogP contribution is 2.36. The first-order valence-electron chi connectivity index (χ1n) is 9.76. The second-order valence-corrected chi connectivity index (χ2v) is 7.12. The highest BCUT2D eigenvalue weighted by molar-refractivity contribution is 6.32. The molecule has 0 aliphatic heterocycles. The predicted octanol–water partition coefficient (Wildman–Crippen LogP) is 5.54. The molecule has 30 heavy (non-hydrogen) atoms. The summed E-state index contributed by atoms with van der Waals surface area (Å²) in [5.41, 5.74) is 3.97. The largest absolute Gasteiger partial charge is 0.493 e. The van der Waals surface area contributed by atoms with Crippen LogP contribution in [0.25, 0.3) is 0 Å². The summed E-state index contributed by atoms with van der Waals surface area (Å²) in [5.74, 6) is 0.548. The molecule has 0 atom stereocenters. The summed E-state index contributed by atoms with van der Waals surface area (Å²) in [5, 5.41) is 6.53. The van der Waals surface area contributed by atoms with Crippen molar-refractivity contribution in [1.82, 2.24) is 0 Å². The van der Waals surface area contributed by atoms with Crippen molar-refractivity contribution in [3.8, 4) is 11.5 Å². The Kier molecular flexibility index (Phi) is 7.57. The highest BCUT2D eigenvalue weighted by Gasteiger charge is 2.14. The fraction of sp³-hybridized carbons (Fsp3) is 0.208. The zero-order valence-electron chi connectivity index (χ0n) is 17.1. The van der Waals surface area contributed by atoms with Crippen molar-refractivity contribution < 1.29 is 14.3 Å². The molecule has 0 aliphatic rings. The third-order valence-electron chi connectivity index (χ3n) is 4.55. The summed E-state index contributed by atoms with van der Waals surface area (Å²) in [6.07, 6.45) is 1.01. The average molecular weight is 425 g/mol. The lowest BCUT2D eigenvalue weighted by Gasteiger charge is -2.15. The molecule has 6 heteroatoms. The van der Waals surface area contributed by atoms with Gasteiger partial charge in [0.15, 0.2) is 18.1 Å². The Hall–Kier alpha value is -3.18. The lowest BCUT2D eigenvalue weighted by atomic mass is 10.1. The van der Waals surface area contributed by atoms with Gasteiger partial charge in [-0.05, 0) is 53.9 Å². The summed E-state index contributed by atoms with van der Waals surface area (Å²) in [6.45, 7) is 2.54. The van der Waals surface area contributed by atoms with Crippen LogP contribution in [0.4, 0.5) is 11.4 Å². The Bertz CT molecular complexity index is 976. The van der Waals surface area contributed by atoms with E-state index in [0.29, 0.717) is 28.8 Å². The van der Waals surface area contributed by atoms with Crippen molar-refractivity contribution >= 4 is 28.9 Å². The molecule has 0 aliphatic carbocycles. The van der Waals surface area contributed by atoms with Gasteiger partial charge in [0.25, 0.3) is 5.91 Å². The van der Waals surface area contributed by atoms with Crippen molar-refractivity contribution in [2.45, 2.75) is 19.9 Å². The van der Waals surface area contributed by atoms with E-state index < -0.39 is 0 Å². The van der Waals surface area contributed by atoms with E-state index in [0.717, 1.165) is 17.7 Å². The minimum atomic E-state index is -0.277. The van der Waals surface area contributed by atoms with Gasteiger partial charge in [0.1, 0.15) is 0 Å². The number of halogens is 1. The lowest BCUT2D eigenvalue weighted by Crippen LogP contribution is -2.20. The number of nitrogens with one attached hydrogen (secondary N) is 2. The van der Waals surface area contributed by atoms with Gasteiger partial charge in [-0.25, -0.2) is 0 Å². The van der Waals surface area contributed by atoms with Crippen LogP contribution in [0.1, 0.15) is 18.1 Å². The molecule has 1 amide bonds. The molecule has 0 unspecified atom stereocenters. The SMILES string of the molecule is CCc1ccc(NCc2cc(Cl)c(OCC(=O)Nc3ccccc3)c(OC)c2)cc1. The lowest BCUT2D eigenvalue weighted by molar-refractivity contribution is -0.118. The van der Waals surface area contributed by atoms with Crippen molar-refractivity contribution in [3.05, 3.63) is 82.9 Å². The normalized spacial score (nSPS) is 10.4. The Morgan fingerprint density at radius 2 is 1.70 bits per heavy atom. The van der Waals surface area contributed by atoms with Gasteiger partial charge in [-0.2, -0.15) is 0 Å². The molecule has 3 aromatic rings. The molecule has 0 saturated carbocycles. The number of para-hydroxylation sites is 1. The van der Waals surface area contributed by atoms with E-state index in [2.05, 4.69) is 41.8 Å². The number of benzene rings is 3. The van der Waals surface area contributed by atoms with E-state index >= 15 is 0 Å². The van der Waals surface area contributed by atoms with E-state index in [1.807, 2.05) is 42.5 Å². The van der Waals surface area contributed by atoms with Crippen LogP contribution in [0.15, 0.2) is 66.7 Å². The van der Waals surface area contributed by atoms with Crippen molar-refractivity contribution in [1.29, 1.82) is 0 Å². The van der Waals surface area contributed by atoms with E-state index in [1.54, 1.807) is 7.11 Å². The van der Waals surface area contributed by atoms with Crippen LogP contribution in [0.5, 0.6) is 11.5 Å². The fourth-order valence-corrected chi connectivity index (χ4v) is 3.22. The van der Waals surface area contributed by atoms with Gasteiger partial charge >= 0.3 is 0 Å². The minimum absolute atomic E-state index is 0.174. The molecular formula is C24H25ClN2O3. The molecule has 0 heterocycles. The van der Waals surface area contributed by atoms with Crippen molar-refractivity contribution in [2.75, 3.05) is 24.4 Å². The van der Waals surface area contributed by atoms with Gasteiger partial charge in [-0.1, -0.05) is 48.9 Å². The first kappa shape index (κ1) is 21.5. The Morgan fingerprint density at radius 1 is 0.967 bits per heavy atom. The first-order valence-corrected chi connectivity index (χ1v) is 10.1. The summed E-state index contributed by atoms with van der Waals surface area (Å²) in [7, 11) is 1.54. The molecule has 156 valence electrons. The third kappa shape index (κ3) is 5.91. The maximum Gasteiger partial charge on any atom is 0.262 e. The number of methoxy groups -OCH3 is 1. The molecule has 0 spiro atoms. The zero-order chi connectivity index (χ0) is 21.3. The Labute approximate surface area is 182 Å². The molecule has 0 bridgehead atoms. The van der Waals surface area contributed by atoms with Gasteiger partial charge in [-0.15, -0.1) is 0 Å². The van der Waals surface area contributed by atoms with E-state index in [-0.39, 0.29) is 12.5 Å². The number of ether oxygens (including phenoxy) is 2. The smallest absolute Gasteiger partial charge is 0.262 e. The van der Waals surface area contributed by atoms with Gasteiger partial charge in [0.05, 0.1) is 12.1 Å². The van der Waals surface area contributed by atoms with Crippen LogP contribution in [-0.2, 0) is 17.8 Å². The third-order valence-corrected chi connectivity index (χ3v) is 4.83. The molecule has 0 radical (unpaired) electrons.